The number of amides is 1. The van der Waals surface area contributed by atoms with Gasteiger partial charge in [0.05, 0.1) is 11.5 Å². The van der Waals surface area contributed by atoms with E-state index in [4.69, 9.17) is 8.92 Å². The Kier molecular flexibility index (Phi) is 7.06. The first kappa shape index (κ1) is 21.4. The van der Waals surface area contributed by atoms with Gasteiger partial charge in [-0.25, -0.2) is 4.79 Å². The van der Waals surface area contributed by atoms with E-state index < -0.39 is 21.8 Å². The summed E-state index contributed by atoms with van der Waals surface area (Å²) in [5.74, 6) is 0. The molecule has 0 saturated heterocycles. The number of hydrogen-bond acceptors (Lipinski definition) is 5. The van der Waals surface area contributed by atoms with Crippen molar-refractivity contribution in [2.75, 3.05) is 6.61 Å². The number of rotatable bonds is 5. The zero-order valence-electron chi connectivity index (χ0n) is 16.4. The molecule has 1 aromatic rings. The lowest BCUT2D eigenvalue weighted by atomic mass is 9.91. The minimum atomic E-state index is -3.74. The topological polar surface area (TPSA) is 81.7 Å². The summed E-state index contributed by atoms with van der Waals surface area (Å²) in [6, 6.07) is 6.66. The molecular formula is C20H29NO5S. The average molecular weight is 396 g/mol. The fraction of sp³-hybridized carbons (Fsp3) is 0.550. The summed E-state index contributed by atoms with van der Waals surface area (Å²) in [6.45, 7) is 7.42. The van der Waals surface area contributed by atoms with E-state index in [1.807, 2.05) is 33.8 Å². The Bertz CT molecular complexity index is 766. The molecule has 0 unspecified atom stereocenters. The van der Waals surface area contributed by atoms with E-state index >= 15 is 0 Å². The molecule has 0 aliphatic heterocycles. The van der Waals surface area contributed by atoms with Crippen molar-refractivity contribution in [2.45, 2.75) is 69.9 Å². The molecule has 0 aromatic heterocycles. The van der Waals surface area contributed by atoms with Crippen LogP contribution in [0.3, 0.4) is 0 Å². The summed E-state index contributed by atoms with van der Waals surface area (Å²) >= 11 is 0. The maximum atomic E-state index is 12.2. The Morgan fingerprint density at radius 1 is 1.19 bits per heavy atom. The number of carbonyl (C=O) groups excluding carboxylic acids is 1. The molecule has 1 fully saturated rings. The van der Waals surface area contributed by atoms with E-state index in [2.05, 4.69) is 5.32 Å². The van der Waals surface area contributed by atoms with Crippen LogP contribution in [0.25, 0.3) is 0 Å². The summed E-state index contributed by atoms with van der Waals surface area (Å²) in [5.41, 5.74) is 1.63. The third kappa shape index (κ3) is 7.34. The number of nitrogens with one attached hydrogen (secondary N) is 1. The molecule has 1 amide bonds. The summed E-state index contributed by atoms with van der Waals surface area (Å²) in [5, 5.41) is 2.89. The SMILES string of the molecule is Cc1ccc(S(=O)(=O)OCC=C2CCC(NC(=O)OC(C)(C)C)CC2)cc1. The summed E-state index contributed by atoms with van der Waals surface area (Å²) in [6.07, 6.45) is 4.64. The van der Waals surface area contributed by atoms with Crippen LogP contribution >= 0.6 is 0 Å². The lowest BCUT2D eigenvalue weighted by Crippen LogP contribution is -2.40. The Morgan fingerprint density at radius 3 is 2.33 bits per heavy atom. The molecule has 0 radical (unpaired) electrons. The highest BCUT2D eigenvalue weighted by Gasteiger charge is 2.22. The van der Waals surface area contributed by atoms with E-state index in [1.165, 1.54) is 0 Å². The van der Waals surface area contributed by atoms with Crippen LogP contribution in [0.15, 0.2) is 40.8 Å². The smallest absolute Gasteiger partial charge is 0.407 e. The van der Waals surface area contributed by atoms with Crippen molar-refractivity contribution in [3.05, 3.63) is 41.5 Å². The molecular weight excluding hydrogens is 366 g/mol. The molecule has 1 saturated carbocycles. The number of hydrogen-bond donors (Lipinski definition) is 1. The largest absolute Gasteiger partial charge is 0.444 e. The van der Waals surface area contributed by atoms with Gasteiger partial charge in [0.1, 0.15) is 5.60 Å². The highest BCUT2D eigenvalue weighted by atomic mass is 32.2. The quantitative estimate of drug-likeness (QED) is 0.600. The second-order valence-corrected chi connectivity index (χ2v) is 9.45. The van der Waals surface area contributed by atoms with Gasteiger partial charge >= 0.3 is 6.09 Å². The standard InChI is InChI=1S/C20H29NO5S/c1-15-5-11-18(12-6-15)27(23,24)25-14-13-16-7-9-17(10-8-16)21-19(22)26-20(2,3)4/h5-6,11-13,17H,7-10,14H2,1-4H3,(H,21,22). The van der Waals surface area contributed by atoms with Gasteiger partial charge in [-0.05, 0) is 65.5 Å². The molecule has 7 heteroatoms. The van der Waals surface area contributed by atoms with Crippen LogP contribution in [0.1, 0.15) is 52.0 Å². The van der Waals surface area contributed by atoms with Crippen molar-refractivity contribution < 1.29 is 22.1 Å². The number of aryl methyl sites for hydroxylation is 1. The van der Waals surface area contributed by atoms with Gasteiger partial charge in [0.25, 0.3) is 10.1 Å². The van der Waals surface area contributed by atoms with Crippen molar-refractivity contribution in [1.82, 2.24) is 5.32 Å². The molecule has 2 rings (SSSR count). The van der Waals surface area contributed by atoms with Crippen LogP contribution in [0.5, 0.6) is 0 Å². The van der Waals surface area contributed by atoms with Crippen LogP contribution in [0.4, 0.5) is 4.79 Å². The van der Waals surface area contributed by atoms with Crippen molar-refractivity contribution in [3.63, 3.8) is 0 Å². The van der Waals surface area contributed by atoms with Crippen LogP contribution in [0.2, 0.25) is 0 Å². The summed E-state index contributed by atoms with van der Waals surface area (Å²) in [4.78, 5) is 12.0. The zero-order chi connectivity index (χ0) is 20.1. The highest BCUT2D eigenvalue weighted by Crippen LogP contribution is 2.24. The van der Waals surface area contributed by atoms with Gasteiger partial charge < -0.3 is 10.1 Å². The summed E-state index contributed by atoms with van der Waals surface area (Å²) in [7, 11) is -3.74. The van der Waals surface area contributed by atoms with Gasteiger partial charge in [-0.15, -0.1) is 0 Å². The predicted molar refractivity (Wildman–Crippen MR) is 104 cm³/mol. The van der Waals surface area contributed by atoms with Crippen LogP contribution in [-0.4, -0.2) is 32.8 Å². The molecule has 0 bridgehead atoms. The molecule has 0 spiro atoms. The first-order chi connectivity index (χ1) is 12.5. The maximum absolute atomic E-state index is 12.2. The fourth-order valence-electron chi connectivity index (χ4n) is 2.83. The second kappa shape index (κ2) is 8.89. The lowest BCUT2D eigenvalue weighted by Gasteiger charge is -2.27. The van der Waals surface area contributed by atoms with Gasteiger partial charge in [-0.1, -0.05) is 29.3 Å². The molecule has 150 valence electrons. The lowest BCUT2D eigenvalue weighted by molar-refractivity contribution is 0.0496. The van der Waals surface area contributed by atoms with Crippen LogP contribution in [0, 0.1) is 6.92 Å². The van der Waals surface area contributed by atoms with E-state index in [0.717, 1.165) is 36.8 Å². The molecule has 0 atom stereocenters. The average Bonchev–Trinajstić information content (AvgIpc) is 2.55. The third-order valence-corrected chi connectivity index (χ3v) is 5.55. The van der Waals surface area contributed by atoms with Gasteiger partial charge in [0.15, 0.2) is 0 Å². The maximum Gasteiger partial charge on any atom is 0.407 e. The Hall–Kier alpha value is -1.86. The first-order valence-corrected chi connectivity index (χ1v) is 10.6. The Balaban J connectivity index is 1.78. The highest BCUT2D eigenvalue weighted by molar-refractivity contribution is 7.86. The molecule has 1 aromatic carbocycles. The minimum Gasteiger partial charge on any atom is -0.444 e. The van der Waals surface area contributed by atoms with Crippen LogP contribution in [-0.2, 0) is 19.0 Å². The van der Waals surface area contributed by atoms with Crippen molar-refractivity contribution >= 4 is 16.2 Å². The van der Waals surface area contributed by atoms with Crippen LogP contribution < -0.4 is 5.32 Å². The molecule has 0 heterocycles. The Morgan fingerprint density at radius 2 is 1.78 bits per heavy atom. The minimum absolute atomic E-state index is 0.0235. The van der Waals surface area contributed by atoms with Crippen molar-refractivity contribution in [2.24, 2.45) is 0 Å². The molecule has 1 N–H and O–H groups in total. The second-order valence-electron chi connectivity index (χ2n) is 7.83. The van der Waals surface area contributed by atoms with E-state index in [-0.39, 0.29) is 17.5 Å². The number of carbonyl (C=O) groups is 1. The van der Waals surface area contributed by atoms with E-state index in [0.29, 0.717) is 0 Å². The normalized spacial score (nSPS) is 18.1. The molecule has 1 aliphatic rings. The van der Waals surface area contributed by atoms with Gasteiger partial charge in [0.2, 0.25) is 0 Å². The van der Waals surface area contributed by atoms with E-state index in [9.17, 15) is 13.2 Å². The molecule has 27 heavy (non-hydrogen) atoms. The number of allylic oxidation sites excluding steroid dienone is 1. The first-order valence-electron chi connectivity index (χ1n) is 9.19. The predicted octanol–water partition coefficient (Wildman–Crippen LogP) is 4.09. The van der Waals surface area contributed by atoms with Gasteiger partial charge in [-0.2, -0.15) is 8.42 Å². The van der Waals surface area contributed by atoms with Gasteiger partial charge in [-0.3, -0.25) is 4.18 Å². The zero-order valence-corrected chi connectivity index (χ0v) is 17.3. The number of alkyl carbamates (subject to hydrolysis) is 1. The van der Waals surface area contributed by atoms with Crippen molar-refractivity contribution in [1.29, 1.82) is 0 Å². The van der Waals surface area contributed by atoms with Gasteiger partial charge in [0, 0.05) is 6.04 Å². The van der Waals surface area contributed by atoms with Crippen molar-refractivity contribution in [3.8, 4) is 0 Å². The van der Waals surface area contributed by atoms with E-state index in [1.54, 1.807) is 24.3 Å². The Labute approximate surface area is 162 Å². The molecule has 6 nitrogen and oxygen atoms in total. The monoisotopic (exact) mass is 395 g/mol. The number of benzene rings is 1. The summed E-state index contributed by atoms with van der Waals surface area (Å²) < 4.78 is 34.7. The fourth-order valence-corrected chi connectivity index (χ4v) is 3.68. The third-order valence-electron chi connectivity index (χ3n) is 4.25. The number of ether oxygens (including phenoxy) is 1. The molecule has 1 aliphatic carbocycles.